The second-order valence-electron chi connectivity index (χ2n) is 5.44. The van der Waals surface area contributed by atoms with Crippen LogP contribution in [0.3, 0.4) is 0 Å². The molecule has 1 saturated heterocycles. The molecule has 0 bridgehead atoms. The van der Waals surface area contributed by atoms with Crippen molar-refractivity contribution < 1.29 is 13.9 Å². The van der Waals surface area contributed by atoms with Crippen LogP contribution in [0, 0.1) is 0 Å². The highest BCUT2D eigenvalue weighted by Gasteiger charge is 2.13. The molecule has 1 aliphatic heterocycles. The lowest BCUT2D eigenvalue weighted by Crippen LogP contribution is -2.12. The Morgan fingerprint density at radius 1 is 1.17 bits per heavy atom. The van der Waals surface area contributed by atoms with E-state index in [1.54, 1.807) is 6.20 Å². The Bertz CT molecular complexity index is 585. The number of aromatic nitrogens is 1. The van der Waals surface area contributed by atoms with Crippen LogP contribution in [-0.2, 0) is 16.0 Å². The molecule has 1 aliphatic rings. The van der Waals surface area contributed by atoms with E-state index >= 15 is 0 Å². The van der Waals surface area contributed by atoms with Crippen molar-refractivity contribution in [1.29, 1.82) is 0 Å². The summed E-state index contributed by atoms with van der Waals surface area (Å²) < 4.78 is 17.8. The van der Waals surface area contributed by atoms with Gasteiger partial charge in [-0.05, 0) is 24.1 Å². The Hall–Kier alpha value is -2.27. The van der Waals surface area contributed by atoms with Gasteiger partial charge in [-0.25, -0.2) is 4.39 Å². The van der Waals surface area contributed by atoms with Gasteiger partial charge in [0.2, 0.25) is 5.91 Å². The zero-order valence-corrected chi connectivity index (χ0v) is 13.7. The number of hydrogen-bond donors (Lipinski definition) is 1. The SMILES string of the molecule is FCCOC(Cc1ccccn1)c1ccccc1.O=C1CCCN1. The van der Waals surface area contributed by atoms with Crippen molar-refractivity contribution in [2.75, 3.05) is 19.8 Å². The van der Waals surface area contributed by atoms with E-state index in [0.717, 1.165) is 30.6 Å². The molecule has 0 spiro atoms. The molecule has 0 aliphatic carbocycles. The van der Waals surface area contributed by atoms with Crippen molar-refractivity contribution in [3.05, 3.63) is 66.0 Å². The van der Waals surface area contributed by atoms with Crippen LogP contribution in [0.25, 0.3) is 0 Å². The second kappa shape index (κ2) is 10.5. The maximum atomic E-state index is 12.3. The third-order valence-electron chi connectivity index (χ3n) is 3.59. The fourth-order valence-electron chi connectivity index (χ4n) is 2.40. The Labute approximate surface area is 142 Å². The zero-order chi connectivity index (χ0) is 17.0. The Morgan fingerprint density at radius 2 is 1.96 bits per heavy atom. The average Bonchev–Trinajstić information content (AvgIpc) is 3.12. The maximum absolute atomic E-state index is 12.3. The molecule has 4 nitrogen and oxygen atoms in total. The van der Waals surface area contributed by atoms with Crippen molar-refractivity contribution in [2.45, 2.75) is 25.4 Å². The van der Waals surface area contributed by atoms with Gasteiger partial charge in [-0.15, -0.1) is 0 Å². The summed E-state index contributed by atoms with van der Waals surface area (Å²) >= 11 is 0. The lowest BCUT2D eigenvalue weighted by atomic mass is 10.0. The van der Waals surface area contributed by atoms with E-state index in [1.807, 2.05) is 48.5 Å². The number of amides is 1. The predicted octanol–water partition coefficient (Wildman–Crippen LogP) is 3.25. The van der Waals surface area contributed by atoms with Gasteiger partial charge in [0.1, 0.15) is 6.67 Å². The third kappa shape index (κ3) is 6.46. The van der Waals surface area contributed by atoms with Gasteiger partial charge in [-0.3, -0.25) is 9.78 Å². The number of nitrogens with zero attached hydrogens (tertiary/aromatic N) is 1. The monoisotopic (exact) mass is 330 g/mol. The highest BCUT2D eigenvalue weighted by Crippen LogP contribution is 2.21. The number of pyridine rings is 1. The fraction of sp³-hybridized carbons (Fsp3) is 0.368. The summed E-state index contributed by atoms with van der Waals surface area (Å²) in [6.07, 6.45) is 4.04. The van der Waals surface area contributed by atoms with Gasteiger partial charge in [0.05, 0.1) is 12.7 Å². The molecular weight excluding hydrogens is 307 g/mol. The normalized spacial score (nSPS) is 14.5. The lowest BCUT2D eigenvalue weighted by molar-refractivity contribution is -0.119. The van der Waals surface area contributed by atoms with Gasteiger partial charge in [0.15, 0.2) is 0 Å². The van der Waals surface area contributed by atoms with Crippen LogP contribution in [0.15, 0.2) is 54.7 Å². The smallest absolute Gasteiger partial charge is 0.220 e. The number of carbonyl (C=O) groups excluding carboxylic acids is 1. The number of carbonyl (C=O) groups is 1. The van der Waals surface area contributed by atoms with Gasteiger partial charge in [0.25, 0.3) is 0 Å². The van der Waals surface area contributed by atoms with E-state index < -0.39 is 6.67 Å². The Balaban J connectivity index is 0.000000292. The molecule has 1 unspecified atom stereocenters. The quantitative estimate of drug-likeness (QED) is 0.884. The van der Waals surface area contributed by atoms with E-state index in [-0.39, 0.29) is 18.6 Å². The number of benzene rings is 1. The molecule has 1 atom stereocenters. The van der Waals surface area contributed by atoms with Gasteiger partial charge >= 0.3 is 0 Å². The minimum absolute atomic E-state index is 0.117. The molecule has 24 heavy (non-hydrogen) atoms. The molecule has 128 valence electrons. The van der Waals surface area contributed by atoms with Gasteiger partial charge in [0, 0.05) is 31.3 Å². The van der Waals surface area contributed by atoms with Crippen LogP contribution in [-0.4, -0.2) is 30.7 Å². The fourth-order valence-corrected chi connectivity index (χ4v) is 2.40. The summed E-state index contributed by atoms with van der Waals surface area (Å²) in [7, 11) is 0. The first-order valence-corrected chi connectivity index (χ1v) is 8.18. The molecule has 1 aromatic carbocycles. The summed E-state index contributed by atoms with van der Waals surface area (Å²) in [4.78, 5) is 14.4. The number of nitrogens with one attached hydrogen (secondary N) is 1. The molecule has 1 amide bonds. The zero-order valence-electron chi connectivity index (χ0n) is 13.7. The number of alkyl halides is 1. The Morgan fingerprint density at radius 3 is 2.50 bits per heavy atom. The number of ether oxygens (including phenoxy) is 1. The van der Waals surface area contributed by atoms with Crippen LogP contribution in [0.5, 0.6) is 0 Å². The second-order valence-corrected chi connectivity index (χ2v) is 5.44. The van der Waals surface area contributed by atoms with Crippen molar-refractivity contribution >= 4 is 5.91 Å². The summed E-state index contributed by atoms with van der Waals surface area (Å²) in [6, 6.07) is 15.6. The molecule has 0 radical (unpaired) electrons. The van der Waals surface area contributed by atoms with Gasteiger partial charge in [-0.2, -0.15) is 0 Å². The van der Waals surface area contributed by atoms with Crippen molar-refractivity contribution in [2.24, 2.45) is 0 Å². The molecule has 5 heteroatoms. The predicted molar refractivity (Wildman–Crippen MR) is 91.3 cm³/mol. The number of rotatable bonds is 6. The molecular formula is C19H23FN2O2. The molecule has 2 aromatic rings. The van der Waals surface area contributed by atoms with Gasteiger partial charge in [-0.1, -0.05) is 36.4 Å². The number of halogens is 1. The van der Waals surface area contributed by atoms with E-state index in [0.29, 0.717) is 6.42 Å². The van der Waals surface area contributed by atoms with Crippen LogP contribution < -0.4 is 5.32 Å². The van der Waals surface area contributed by atoms with Crippen molar-refractivity contribution in [3.8, 4) is 0 Å². The summed E-state index contributed by atoms with van der Waals surface area (Å²) in [5.74, 6) is 0.204. The van der Waals surface area contributed by atoms with Crippen LogP contribution in [0.2, 0.25) is 0 Å². The summed E-state index contributed by atoms with van der Waals surface area (Å²) in [5, 5.41) is 2.68. The summed E-state index contributed by atoms with van der Waals surface area (Å²) in [6.45, 7) is 0.538. The topological polar surface area (TPSA) is 51.2 Å². The molecule has 2 heterocycles. The van der Waals surface area contributed by atoms with Crippen molar-refractivity contribution in [1.82, 2.24) is 10.3 Å². The molecule has 0 saturated carbocycles. The van der Waals surface area contributed by atoms with E-state index in [9.17, 15) is 9.18 Å². The average molecular weight is 330 g/mol. The highest BCUT2D eigenvalue weighted by atomic mass is 19.1. The first kappa shape index (κ1) is 18.1. The largest absolute Gasteiger partial charge is 0.370 e. The highest BCUT2D eigenvalue weighted by molar-refractivity contribution is 5.77. The Kier molecular flexibility index (Phi) is 7.90. The third-order valence-corrected chi connectivity index (χ3v) is 3.59. The van der Waals surface area contributed by atoms with E-state index in [1.165, 1.54) is 0 Å². The van der Waals surface area contributed by atoms with Crippen LogP contribution in [0.4, 0.5) is 4.39 Å². The van der Waals surface area contributed by atoms with E-state index in [4.69, 9.17) is 4.74 Å². The molecule has 1 fully saturated rings. The molecule has 1 N–H and O–H groups in total. The first-order chi connectivity index (χ1) is 11.8. The minimum atomic E-state index is -0.467. The minimum Gasteiger partial charge on any atom is -0.370 e. The maximum Gasteiger partial charge on any atom is 0.220 e. The standard InChI is InChI=1S/C15H16FNO.C4H7NO/c16-9-11-18-15(13-6-2-1-3-7-13)12-14-8-4-5-10-17-14;6-4-2-1-3-5-4/h1-8,10,15H,9,11-12H2;1-3H2,(H,5,6). The molecule has 3 rings (SSSR count). The van der Waals surface area contributed by atoms with Crippen molar-refractivity contribution in [3.63, 3.8) is 0 Å². The lowest BCUT2D eigenvalue weighted by Gasteiger charge is -2.17. The first-order valence-electron chi connectivity index (χ1n) is 8.18. The van der Waals surface area contributed by atoms with Crippen LogP contribution in [0.1, 0.15) is 30.2 Å². The molecule has 1 aromatic heterocycles. The van der Waals surface area contributed by atoms with Crippen LogP contribution >= 0.6 is 0 Å². The van der Waals surface area contributed by atoms with Gasteiger partial charge < -0.3 is 10.1 Å². The number of hydrogen-bond acceptors (Lipinski definition) is 3. The van der Waals surface area contributed by atoms with E-state index in [2.05, 4.69) is 10.3 Å². The summed E-state index contributed by atoms with van der Waals surface area (Å²) in [5.41, 5.74) is 2.00.